The van der Waals surface area contributed by atoms with Crippen molar-refractivity contribution < 1.29 is 9.53 Å². The summed E-state index contributed by atoms with van der Waals surface area (Å²) in [6, 6.07) is 0. The Hall–Kier alpha value is -1.36. The number of esters is 1. The van der Waals surface area contributed by atoms with Crippen LogP contribution in [0.2, 0.25) is 0 Å². The van der Waals surface area contributed by atoms with Crippen LogP contribution in [0.5, 0.6) is 0 Å². The molecule has 0 aromatic carbocycles. The van der Waals surface area contributed by atoms with Crippen molar-refractivity contribution in [3.05, 3.63) is 17.7 Å². The molecule has 0 radical (unpaired) electrons. The van der Waals surface area contributed by atoms with E-state index in [9.17, 15) is 4.79 Å². The highest BCUT2D eigenvalue weighted by atomic mass is 16.5. The van der Waals surface area contributed by atoms with Crippen molar-refractivity contribution in [2.24, 2.45) is 5.73 Å². The van der Waals surface area contributed by atoms with Crippen molar-refractivity contribution in [2.45, 2.75) is 25.3 Å². The molecule has 2 rings (SSSR count). The third kappa shape index (κ3) is 1.39. The van der Waals surface area contributed by atoms with E-state index < -0.39 is 5.97 Å². The first kappa shape index (κ1) is 9.21. The SMILES string of the molecule is CCOC(=O)c1nc[nH]c1C1(N)CC1. The fourth-order valence-corrected chi connectivity index (χ4v) is 1.41. The molecular weight excluding hydrogens is 182 g/mol. The third-order valence-electron chi connectivity index (χ3n) is 2.39. The topological polar surface area (TPSA) is 81.0 Å². The number of aromatic amines is 1. The van der Waals surface area contributed by atoms with E-state index in [-0.39, 0.29) is 5.54 Å². The molecule has 5 nitrogen and oxygen atoms in total. The lowest BCUT2D eigenvalue weighted by atomic mass is 10.1. The zero-order valence-electron chi connectivity index (χ0n) is 8.04. The Morgan fingerprint density at radius 2 is 2.50 bits per heavy atom. The van der Waals surface area contributed by atoms with Crippen LogP contribution in [-0.2, 0) is 10.3 Å². The van der Waals surface area contributed by atoms with Gasteiger partial charge in [-0.1, -0.05) is 0 Å². The fraction of sp³-hybridized carbons (Fsp3) is 0.556. The number of aromatic nitrogens is 2. The highest BCUT2D eigenvalue weighted by Crippen LogP contribution is 2.42. The molecule has 0 spiro atoms. The molecule has 5 heteroatoms. The van der Waals surface area contributed by atoms with Gasteiger partial charge in [0.15, 0.2) is 5.69 Å². The van der Waals surface area contributed by atoms with Gasteiger partial charge in [0.2, 0.25) is 0 Å². The Morgan fingerprint density at radius 3 is 3.07 bits per heavy atom. The number of nitrogens with two attached hydrogens (primary N) is 1. The highest BCUT2D eigenvalue weighted by Gasteiger charge is 2.44. The molecule has 0 amide bonds. The van der Waals surface area contributed by atoms with Gasteiger partial charge in [-0.3, -0.25) is 0 Å². The van der Waals surface area contributed by atoms with Crippen LogP contribution in [0.25, 0.3) is 0 Å². The molecule has 0 unspecified atom stereocenters. The summed E-state index contributed by atoms with van der Waals surface area (Å²) in [6.45, 7) is 2.11. The predicted molar refractivity (Wildman–Crippen MR) is 49.6 cm³/mol. The summed E-state index contributed by atoms with van der Waals surface area (Å²) in [6.07, 6.45) is 3.26. The zero-order chi connectivity index (χ0) is 10.2. The Labute approximate surface area is 81.7 Å². The molecular formula is C9H13N3O2. The van der Waals surface area contributed by atoms with Crippen molar-refractivity contribution in [3.63, 3.8) is 0 Å². The van der Waals surface area contributed by atoms with Gasteiger partial charge < -0.3 is 15.5 Å². The summed E-state index contributed by atoms with van der Waals surface area (Å²) >= 11 is 0. The zero-order valence-corrected chi connectivity index (χ0v) is 8.04. The van der Waals surface area contributed by atoms with Gasteiger partial charge in [-0.2, -0.15) is 0 Å². The monoisotopic (exact) mass is 195 g/mol. The number of ether oxygens (including phenoxy) is 1. The van der Waals surface area contributed by atoms with E-state index >= 15 is 0 Å². The van der Waals surface area contributed by atoms with Crippen molar-refractivity contribution in [2.75, 3.05) is 6.61 Å². The summed E-state index contributed by atoms with van der Waals surface area (Å²) < 4.78 is 4.87. The molecule has 1 aliphatic rings. The van der Waals surface area contributed by atoms with E-state index in [0.717, 1.165) is 12.8 Å². The Kier molecular flexibility index (Phi) is 2.03. The maximum Gasteiger partial charge on any atom is 0.358 e. The average Bonchev–Trinajstić information content (AvgIpc) is 2.72. The highest BCUT2D eigenvalue weighted by molar-refractivity contribution is 5.89. The van der Waals surface area contributed by atoms with Crippen LogP contribution in [0.15, 0.2) is 6.33 Å². The van der Waals surface area contributed by atoms with Gasteiger partial charge >= 0.3 is 5.97 Å². The molecule has 1 aliphatic carbocycles. The van der Waals surface area contributed by atoms with Gasteiger partial charge in [-0.25, -0.2) is 9.78 Å². The Morgan fingerprint density at radius 1 is 1.79 bits per heavy atom. The van der Waals surface area contributed by atoms with Crippen LogP contribution >= 0.6 is 0 Å². The lowest BCUT2D eigenvalue weighted by molar-refractivity contribution is 0.0518. The van der Waals surface area contributed by atoms with Gasteiger partial charge in [0.05, 0.1) is 24.2 Å². The van der Waals surface area contributed by atoms with Gasteiger partial charge in [-0.05, 0) is 19.8 Å². The van der Waals surface area contributed by atoms with E-state index in [0.29, 0.717) is 18.0 Å². The predicted octanol–water partition coefficient (Wildman–Crippen LogP) is 0.534. The molecule has 0 saturated heterocycles. The van der Waals surface area contributed by atoms with E-state index in [4.69, 9.17) is 10.5 Å². The average molecular weight is 195 g/mol. The molecule has 0 bridgehead atoms. The molecule has 1 fully saturated rings. The molecule has 1 aromatic heterocycles. The Bertz CT molecular complexity index is 355. The second kappa shape index (κ2) is 3.09. The molecule has 3 N–H and O–H groups in total. The standard InChI is InChI=1S/C9H13N3O2/c1-2-14-8(13)6-7(12-5-11-6)9(10)3-4-9/h5H,2-4,10H2,1H3,(H,11,12). The minimum Gasteiger partial charge on any atom is -0.461 e. The first-order valence-corrected chi connectivity index (χ1v) is 4.67. The first-order valence-electron chi connectivity index (χ1n) is 4.67. The van der Waals surface area contributed by atoms with Crippen LogP contribution in [0.1, 0.15) is 35.9 Å². The second-order valence-corrected chi connectivity index (χ2v) is 3.50. The smallest absolute Gasteiger partial charge is 0.358 e. The van der Waals surface area contributed by atoms with Crippen LogP contribution in [0, 0.1) is 0 Å². The molecule has 14 heavy (non-hydrogen) atoms. The third-order valence-corrected chi connectivity index (χ3v) is 2.39. The normalized spacial score (nSPS) is 17.9. The number of hydrogen-bond acceptors (Lipinski definition) is 4. The number of H-pyrrole nitrogens is 1. The van der Waals surface area contributed by atoms with Crippen LogP contribution in [0.4, 0.5) is 0 Å². The summed E-state index contributed by atoms with van der Waals surface area (Å²) in [5.41, 5.74) is 6.62. The Balaban J connectivity index is 2.25. The summed E-state index contributed by atoms with van der Waals surface area (Å²) in [7, 11) is 0. The van der Waals surface area contributed by atoms with Gasteiger partial charge in [0, 0.05) is 0 Å². The maximum absolute atomic E-state index is 11.4. The second-order valence-electron chi connectivity index (χ2n) is 3.50. The van der Waals surface area contributed by atoms with Crippen LogP contribution < -0.4 is 5.73 Å². The van der Waals surface area contributed by atoms with Crippen molar-refractivity contribution in [1.82, 2.24) is 9.97 Å². The van der Waals surface area contributed by atoms with Gasteiger partial charge in [-0.15, -0.1) is 0 Å². The van der Waals surface area contributed by atoms with Crippen molar-refractivity contribution in [1.29, 1.82) is 0 Å². The molecule has 1 heterocycles. The largest absolute Gasteiger partial charge is 0.461 e. The number of carbonyl (C=O) groups excluding carboxylic acids is 1. The number of imidazole rings is 1. The lowest BCUT2D eigenvalue weighted by Crippen LogP contribution is -2.23. The minimum absolute atomic E-state index is 0.326. The minimum atomic E-state index is -0.402. The van der Waals surface area contributed by atoms with E-state index in [1.54, 1.807) is 6.92 Å². The van der Waals surface area contributed by atoms with Gasteiger partial charge in [0.1, 0.15) is 0 Å². The van der Waals surface area contributed by atoms with Gasteiger partial charge in [0.25, 0.3) is 0 Å². The molecule has 0 atom stereocenters. The van der Waals surface area contributed by atoms with E-state index in [1.807, 2.05) is 0 Å². The lowest BCUT2D eigenvalue weighted by Gasteiger charge is -2.07. The molecule has 0 aliphatic heterocycles. The van der Waals surface area contributed by atoms with Crippen molar-refractivity contribution in [3.8, 4) is 0 Å². The summed E-state index contributed by atoms with van der Waals surface area (Å²) in [4.78, 5) is 18.3. The number of rotatable bonds is 3. The van der Waals surface area contributed by atoms with E-state index in [2.05, 4.69) is 9.97 Å². The van der Waals surface area contributed by atoms with Crippen LogP contribution in [-0.4, -0.2) is 22.5 Å². The van der Waals surface area contributed by atoms with E-state index in [1.165, 1.54) is 6.33 Å². The molecule has 1 saturated carbocycles. The number of nitrogens with zero attached hydrogens (tertiary/aromatic N) is 1. The number of nitrogens with one attached hydrogen (secondary N) is 1. The molecule has 76 valence electrons. The van der Waals surface area contributed by atoms with Crippen LogP contribution in [0.3, 0.4) is 0 Å². The molecule has 1 aromatic rings. The quantitative estimate of drug-likeness (QED) is 0.689. The van der Waals surface area contributed by atoms with Crippen molar-refractivity contribution >= 4 is 5.97 Å². The fourth-order valence-electron chi connectivity index (χ4n) is 1.41. The maximum atomic E-state index is 11.4. The summed E-state index contributed by atoms with van der Waals surface area (Å²) in [5.74, 6) is -0.402. The number of hydrogen-bond donors (Lipinski definition) is 2. The summed E-state index contributed by atoms with van der Waals surface area (Å²) in [5, 5.41) is 0. The first-order chi connectivity index (χ1) is 6.67. The number of carbonyl (C=O) groups is 1.